The molecule has 1 fully saturated rings. The number of nitrogens with zero attached hydrogens (tertiary/aromatic N) is 3. The summed E-state index contributed by atoms with van der Waals surface area (Å²) in [5.41, 5.74) is 2.38. The molecule has 1 aliphatic heterocycles. The van der Waals surface area contributed by atoms with E-state index in [1.165, 1.54) is 8.99 Å². The van der Waals surface area contributed by atoms with E-state index in [0.29, 0.717) is 35.2 Å². The molecule has 1 amide bonds. The highest BCUT2D eigenvalue weighted by Gasteiger charge is 2.32. The number of halogens is 1. The summed E-state index contributed by atoms with van der Waals surface area (Å²) in [6.45, 7) is 6.22. The number of carbonyl (C=O) groups is 1. The number of nitrogens with one attached hydrogen (secondary N) is 1. The zero-order chi connectivity index (χ0) is 20.5. The van der Waals surface area contributed by atoms with Gasteiger partial charge in [0.2, 0.25) is 15.9 Å². The van der Waals surface area contributed by atoms with Gasteiger partial charge >= 0.3 is 0 Å². The molecule has 3 rings (SSSR count). The van der Waals surface area contributed by atoms with Crippen molar-refractivity contribution in [3.05, 3.63) is 40.2 Å². The predicted octanol–water partition coefficient (Wildman–Crippen LogP) is 3.28. The lowest BCUT2D eigenvalue weighted by atomic mass is 10.2. The fourth-order valence-corrected chi connectivity index (χ4v) is 5.66. The molecule has 1 N–H and O–H groups in total. The van der Waals surface area contributed by atoms with Crippen LogP contribution in [0.25, 0.3) is 0 Å². The standard InChI is InChI=1S/C19H25ClN4O3S/c1-13-7-8-17(16(20)11-13)21-18(25)12-24-15(3)19(14(2)22-24)28(26,27)23-9-5-4-6-10-23/h7-8,11H,4-6,9-10,12H2,1-3H3,(H,21,25). The number of hydrogen-bond donors (Lipinski definition) is 1. The zero-order valence-electron chi connectivity index (χ0n) is 16.3. The Morgan fingerprint density at radius 2 is 1.86 bits per heavy atom. The van der Waals surface area contributed by atoms with Crippen LogP contribution in [0.4, 0.5) is 5.69 Å². The van der Waals surface area contributed by atoms with Gasteiger partial charge in [-0.2, -0.15) is 9.40 Å². The first-order valence-electron chi connectivity index (χ1n) is 9.30. The highest BCUT2D eigenvalue weighted by molar-refractivity contribution is 7.89. The number of sulfonamides is 1. The maximum atomic E-state index is 13.1. The molecule has 0 unspecified atom stereocenters. The number of hydrogen-bond acceptors (Lipinski definition) is 4. The van der Waals surface area contributed by atoms with E-state index in [0.717, 1.165) is 24.8 Å². The molecule has 0 aliphatic carbocycles. The molecule has 9 heteroatoms. The summed E-state index contributed by atoms with van der Waals surface area (Å²) in [6.07, 6.45) is 2.78. The first kappa shape index (κ1) is 20.8. The van der Waals surface area contributed by atoms with Crippen molar-refractivity contribution in [3.63, 3.8) is 0 Å². The molecule has 28 heavy (non-hydrogen) atoms. The number of aryl methyl sites for hydroxylation is 2. The summed E-state index contributed by atoms with van der Waals surface area (Å²) in [5, 5.41) is 7.51. The molecular weight excluding hydrogens is 400 g/mol. The van der Waals surface area contributed by atoms with E-state index in [2.05, 4.69) is 10.4 Å². The van der Waals surface area contributed by atoms with E-state index in [4.69, 9.17) is 11.6 Å². The summed E-state index contributed by atoms with van der Waals surface area (Å²) in [7, 11) is -3.61. The SMILES string of the molecule is Cc1ccc(NC(=O)Cn2nc(C)c(S(=O)(=O)N3CCCCC3)c2C)c(Cl)c1. The molecule has 1 aromatic heterocycles. The van der Waals surface area contributed by atoms with Crippen LogP contribution in [0.15, 0.2) is 23.1 Å². The highest BCUT2D eigenvalue weighted by atomic mass is 35.5. The molecule has 7 nitrogen and oxygen atoms in total. The van der Waals surface area contributed by atoms with Gasteiger partial charge in [0.25, 0.3) is 0 Å². The third-order valence-electron chi connectivity index (χ3n) is 4.92. The summed E-state index contributed by atoms with van der Waals surface area (Å²) in [6, 6.07) is 5.36. The first-order valence-corrected chi connectivity index (χ1v) is 11.1. The second-order valence-corrected chi connectivity index (χ2v) is 9.44. The maximum absolute atomic E-state index is 13.1. The van der Waals surface area contributed by atoms with Gasteiger partial charge in [0.1, 0.15) is 11.4 Å². The minimum absolute atomic E-state index is 0.0909. The number of amides is 1. The third kappa shape index (κ3) is 4.24. The Labute approximate surface area is 170 Å². The predicted molar refractivity (Wildman–Crippen MR) is 109 cm³/mol. The number of benzene rings is 1. The Bertz CT molecular complexity index is 995. The van der Waals surface area contributed by atoms with Crippen molar-refractivity contribution in [2.45, 2.75) is 51.5 Å². The minimum Gasteiger partial charge on any atom is -0.323 e. The van der Waals surface area contributed by atoms with Crippen LogP contribution in [0.5, 0.6) is 0 Å². The monoisotopic (exact) mass is 424 g/mol. The molecule has 0 radical (unpaired) electrons. The molecular formula is C19H25ClN4O3S. The van der Waals surface area contributed by atoms with E-state index < -0.39 is 10.0 Å². The lowest BCUT2D eigenvalue weighted by molar-refractivity contribution is -0.116. The number of carbonyl (C=O) groups excluding carboxylic acids is 1. The van der Waals surface area contributed by atoms with Crippen LogP contribution in [-0.4, -0.2) is 41.5 Å². The Kier molecular flexibility index (Phi) is 6.12. The van der Waals surface area contributed by atoms with Gasteiger partial charge in [-0.25, -0.2) is 8.42 Å². The maximum Gasteiger partial charge on any atom is 0.246 e. The lowest BCUT2D eigenvalue weighted by Gasteiger charge is -2.25. The van der Waals surface area contributed by atoms with Crippen LogP contribution in [0, 0.1) is 20.8 Å². The number of rotatable bonds is 5. The fourth-order valence-electron chi connectivity index (χ4n) is 3.49. The van der Waals surface area contributed by atoms with Crippen LogP contribution in [0.3, 0.4) is 0 Å². The quantitative estimate of drug-likeness (QED) is 0.798. The minimum atomic E-state index is -3.61. The normalized spacial score (nSPS) is 15.6. The van der Waals surface area contributed by atoms with E-state index in [1.54, 1.807) is 26.0 Å². The molecule has 0 bridgehead atoms. The molecule has 1 aliphatic rings. The Morgan fingerprint density at radius 1 is 1.18 bits per heavy atom. The van der Waals surface area contributed by atoms with Gasteiger partial charge in [0.15, 0.2) is 0 Å². The molecule has 2 aromatic rings. The molecule has 1 saturated heterocycles. The number of piperidine rings is 1. The molecule has 0 saturated carbocycles. The van der Waals surface area contributed by atoms with Crippen LogP contribution in [0.1, 0.15) is 36.2 Å². The van der Waals surface area contributed by atoms with Gasteiger partial charge in [0.05, 0.1) is 22.1 Å². The third-order valence-corrected chi connectivity index (χ3v) is 7.38. The van der Waals surface area contributed by atoms with Crippen molar-refractivity contribution in [2.75, 3.05) is 18.4 Å². The Morgan fingerprint density at radius 3 is 2.50 bits per heavy atom. The largest absolute Gasteiger partial charge is 0.323 e. The Balaban J connectivity index is 1.80. The molecule has 152 valence electrons. The zero-order valence-corrected chi connectivity index (χ0v) is 17.9. The van der Waals surface area contributed by atoms with Crippen molar-refractivity contribution in [3.8, 4) is 0 Å². The van der Waals surface area contributed by atoms with Gasteiger partial charge < -0.3 is 5.32 Å². The van der Waals surface area contributed by atoms with E-state index >= 15 is 0 Å². The van der Waals surface area contributed by atoms with E-state index in [9.17, 15) is 13.2 Å². The average molecular weight is 425 g/mol. The molecule has 0 atom stereocenters. The van der Waals surface area contributed by atoms with Gasteiger partial charge in [-0.1, -0.05) is 24.1 Å². The second-order valence-electron chi connectivity index (χ2n) is 7.15. The summed E-state index contributed by atoms with van der Waals surface area (Å²) in [5.74, 6) is -0.321. The van der Waals surface area contributed by atoms with Gasteiger partial charge in [-0.3, -0.25) is 9.48 Å². The summed E-state index contributed by atoms with van der Waals surface area (Å²) < 4.78 is 29.1. The van der Waals surface area contributed by atoms with Crippen LogP contribution in [0.2, 0.25) is 5.02 Å². The van der Waals surface area contributed by atoms with Crippen LogP contribution in [-0.2, 0) is 21.4 Å². The van der Waals surface area contributed by atoms with Crippen LogP contribution < -0.4 is 5.32 Å². The van der Waals surface area contributed by atoms with Crippen molar-refractivity contribution in [1.29, 1.82) is 0 Å². The van der Waals surface area contributed by atoms with E-state index in [-0.39, 0.29) is 17.3 Å². The molecule has 0 spiro atoms. The van der Waals surface area contributed by atoms with Crippen molar-refractivity contribution < 1.29 is 13.2 Å². The highest BCUT2D eigenvalue weighted by Crippen LogP contribution is 2.26. The average Bonchev–Trinajstić information content (AvgIpc) is 2.92. The summed E-state index contributed by atoms with van der Waals surface area (Å²) >= 11 is 6.16. The molecule has 1 aromatic carbocycles. The first-order chi connectivity index (χ1) is 13.2. The summed E-state index contributed by atoms with van der Waals surface area (Å²) in [4.78, 5) is 12.7. The van der Waals surface area contributed by atoms with Gasteiger partial charge in [-0.05, 0) is 51.3 Å². The fraction of sp³-hybridized carbons (Fsp3) is 0.474. The van der Waals surface area contributed by atoms with Gasteiger partial charge in [0, 0.05) is 13.1 Å². The topological polar surface area (TPSA) is 84.3 Å². The number of aromatic nitrogens is 2. The van der Waals surface area contributed by atoms with E-state index in [1.807, 2.05) is 13.0 Å². The molecule has 2 heterocycles. The second kappa shape index (κ2) is 8.23. The smallest absolute Gasteiger partial charge is 0.246 e. The van der Waals surface area contributed by atoms with Gasteiger partial charge in [-0.15, -0.1) is 0 Å². The number of anilines is 1. The van der Waals surface area contributed by atoms with Crippen molar-refractivity contribution in [2.24, 2.45) is 0 Å². The van der Waals surface area contributed by atoms with Crippen LogP contribution >= 0.6 is 11.6 Å². The van der Waals surface area contributed by atoms with Crippen molar-refractivity contribution >= 4 is 33.2 Å². The Hall–Kier alpha value is -1.90. The van der Waals surface area contributed by atoms with Crippen molar-refractivity contribution in [1.82, 2.24) is 14.1 Å². The lowest BCUT2D eigenvalue weighted by Crippen LogP contribution is -2.36.